The molecule has 1 amide bonds. The van der Waals surface area contributed by atoms with Crippen molar-refractivity contribution in [1.82, 2.24) is 9.80 Å². The number of hydrogen-bond acceptors (Lipinski definition) is 4. The summed E-state index contributed by atoms with van der Waals surface area (Å²) < 4.78 is 0. The lowest BCUT2D eigenvalue weighted by Crippen LogP contribution is -2.49. The highest BCUT2D eigenvalue weighted by molar-refractivity contribution is 7.10. The van der Waals surface area contributed by atoms with Crippen molar-refractivity contribution in [3.05, 3.63) is 57.2 Å². The van der Waals surface area contributed by atoms with E-state index >= 15 is 0 Å². The number of halogens is 1. The van der Waals surface area contributed by atoms with Gasteiger partial charge in [-0.05, 0) is 23.1 Å². The summed E-state index contributed by atoms with van der Waals surface area (Å²) in [5, 5.41) is 12.9. The van der Waals surface area contributed by atoms with E-state index in [1.807, 2.05) is 46.7 Å². The summed E-state index contributed by atoms with van der Waals surface area (Å²) in [5.41, 5.74) is 0.875. The first-order valence-corrected chi connectivity index (χ1v) is 9.34. The predicted molar refractivity (Wildman–Crippen MR) is 97.5 cm³/mol. The van der Waals surface area contributed by atoms with E-state index in [1.54, 1.807) is 11.3 Å². The van der Waals surface area contributed by atoms with Gasteiger partial charge in [0.05, 0.1) is 6.42 Å². The Bertz CT molecular complexity index is 669. The van der Waals surface area contributed by atoms with Crippen molar-refractivity contribution >= 4 is 28.8 Å². The molecule has 0 radical (unpaired) electrons. The second-order valence-electron chi connectivity index (χ2n) is 5.98. The topological polar surface area (TPSA) is 43.8 Å². The van der Waals surface area contributed by atoms with Crippen LogP contribution >= 0.6 is 22.9 Å². The molecule has 1 aromatic carbocycles. The molecular weight excluding hydrogens is 344 g/mol. The number of rotatable bonds is 5. The Hall–Kier alpha value is -1.40. The molecule has 3 rings (SSSR count). The molecule has 1 fully saturated rings. The van der Waals surface area contributed by atoms with Gasteiger partial charge in [-0.2, -0.15) is 0 Å². The lowest BCUT2D eigenvalue weighted by atomic mass is 10.1. The number of amides is 1. The molecule has 1 aliphatic heterocycles. The van der Waals surface area contributed by atoms with Crippen LogP contribution in [0.5, 0.6) is 0 Å². The number of thiophene rings is 1. The first-order chi connectivity index (χ1) is 11.6. The van der Waals surface area contributed by atoms with Gasteiger partial charge in [0, 0.05) is 42.6 Å². The Morgan fingerprint density at radius 2 is 1.92 bits per heavy atom. The average molecular weight is 365 g/mol. The normalized spacial score (nSPS) is 17.0. The second-order valence-corrected chi connectivity index (χ2v) is 7.37. The molecule has 128 valence electrons. The third kappa shape index (κ3) is 4.36. The van der Waals surface area contributed by atoms with Crippen LogP contribution in [0.2, 0.25) is 5.02 Å². The Morgan fingerprint density at radius 3 is 2.58 bits per heavy atom. The number of β-amino-alcohol motifs (C(OH)–C–C–N with tert-alkyl or cyclic N) is 1. The van der Waals surface area contributed by atoms with Gasteiger partial charge in [0.15, 0.2) is 0 Å². The van der Waals surface area contributed by atoms with E-state index in [1.165, 1.54) is 0 Å². The second kappa shape index (κ2) is 8.12. The first kappa shape index (κ1) is 17.4. The number of aliphatic hydroxyl groups excluding tert-OH is 1. The molecule has 1 N–H and O–H groups in total. The third-order valence-electron chi connectivity index (χ3n) is 4.33. The maximum absolute atomic E-state index is 12.4. The van der Waals surface area contributed by atoms with Gasteiger partial charge in [-0.25, -0.2) is 0 Å². The largest absolute Gasteiger partial charge is 0.386 e. The van der Waals surface area contributed by atoms with Crippen molar-refractivity contribution in [3.63, 3.8) is 0 Å². The van der Waals surface area contributed by atoms with Gasteiger partial charge in [0.25, 0.3) is 0 Å². The number of nitrogens with zero attached hydrogens (tertiary/aromatic N) is 2. The van der Waals surface area contributed by atoms with Crippen molar-refractivity contribution in [3.8, 4) is 0 Å². The van der Waals surface area contributed by atoms with Gasteiger partial charge in [-0.3, -0.25) is 9.69 Å². The van der Waals surface area contributed by atoms with Crippen LogP contribution in [0.4, 0.5) is 0 Å². The Balaban J connectivity index is 1.48. The molecule has 2 aromatic rings. The molecule has 1 saturated heterocycles. The van der Waals surface area contributed by atoms with E-state index in [-0.39, 0.29) is 5.91 Å². The fraction of sp³-hybridized carbons (Fsp3) is 0.389. The fourth-order valence-corrected chi connectivity index (χ4v) is 3.82. The number of carbonyl (C=O) groups excluding carboxylic acids is 1. The predicted octanol–water partition coefficient (Wildman–Crippen LogP) is 2.82. The molecule has 1 atom stereocenters. The van der Waals surface area contributed by atoms with Crippen LogP contribution in [0.25, 0.3) is 0 Å². The molecule has 24 heavy (non-hydrogen) atoms. The van der Waals surface area contributed by atoms with Gasteiger partial charge >= 0.3 is 0 Å². The van der Waals surface area contributed by atoms with E-state index in [2.05, 4.69) is 4.90 Å². The Kier molecular flexibility index (Phi) is 5.89. The lowest BCUT2D eigenvalue weighted by Gasteiger charge is -2.35. The highest BCUT2D eigenvalue weighted by Crippen LogP contribution is 2.21. The van der Waals surface area contributed by atoms with Crippen LogP contribution in [-0.2, 0) is 11.2 Å². The molecule has 0 saturated carbocycles. The molecule has 0 aliphatic carbocycles. The standard InChI is InChI=1S/C18H21ClN2O2S/c19-15-5-2-1-4-14(15)12-18(23)21-9-7-20(8-10-21)13-16(22)17-6-3-11-24-17/h1-6,11,16,22H,7-10,12-13H2/t16-/m0/s1. The summed E-state index contributed by atoms with van der Waals surface area (Å²) in [5.74, 6) is 0.113. The van der Waals surface area contributed by atoms with Gasteiger partial charge in [0.2, 0.25) is 5.91 Å². The minimum Gasteiger partial charge on any atom is -0.386 e. The van der Waals surface area contributed by atoms with Crippen molar-refractivity contribution in [2.24, 2.45) is 0 Å². The lowest BCUT2D eigenvalue weighted by molar-refractivity contribution is -0.132. The van der Waals surface area contributed by atoms with Crippen LogP contribution in [0.3, 0.4) is 0 Å². The minimum absolute atomic E-state index is 0.113. The van der Waals surface area contributed by atoms with Crippen molar-refractivity contribution in [2.45, 2.75) is 12.5 Å². The number of aliphatic hydroxyl groups is 1. The first-order valence-electron chi connectivity index (χ1n) is 8.08. The van der Waals surface area contributed by atoms with Crippen LogP contribution in [-0.4, -0.2) is 53.5 Å². The Morgan fingerprint density at radius 1 is 1.17 bits per heavy atom. The van der Waals surface area contributed by atoms with Crippen LogP contribution in [0, 0.1) is 0 Å². The van der Waals surface area contributed by atoms with Crippen LogP contribution in [0.15, 0.2) is 41.8 Å². The summed E-state index contributed by atoms with van der Waals surface area (Å²) in [6.45, 7) is 3.58. The highest BCUT2D eigenvalue weighted by Gasteiger charge is 2.23. The minimum atomic E-state index is -0.449. The van der Waals surface area contributed by atoms with E-state index in [4.69, 9.17) is 11.6 Å². The molecule has 6 heteroatoms. The molecule has 2 heterocycles. The number of piperazine rings is 1. The van der Waals surface area contributed by atoms with E-state index < -0.39 is 6.10 Å². The third-order valence-corrected chi connectivity index (χ3v) is 5.67. The quantitative estimate of drug-likeness (QED) is 0.887. The summed E-state index contributed by atoms with van der Waals surface area (Å²) >= 11 is 7.70. The smallest absolute Gasteiger partial charge is 0.227 e. The SMILES string of the molecule is O=C(Cc1ccccc1Cl)N1CCN(C[C@H](O)c2cccs2)CC1. The van der Waals surface area contributed by atoms with Gasteiger partial charge < -0.3 is 10.0 Å². The summed E-state index contributed by atoms with van der Waals surface area (Å²) in [4.78, 5) is 17.5. The zero-order valence-corrected chi connectivity index (χ0v) is 15.0. The van der Waals surface area contributed by atoms with Crippen molar-refractivity contribution < 1.29 is 9.90 Å². The highest BCUT2D eigenvalue weighted by atomic mass is 35.5. The van der Waals surface area contributed by atoms with E-state index in [9.17, 15) is 9.90 Å². The fourth-order valence-electron chi connectivity index (χ4n) is 2.91. The van der Waals surface area contributed by atoms with E-state index in [0.29, 0.717) is 31.1 Å². The monoisotopic (exact) mass is 364 g/mol. The number of benzene rings is 1. The molecule has 1 aliphatic rings. The molecule has 0 spiro atoms. The zero-order chi connectivity index (χ0) is 16.9. The maximum Gasteiger partial charge on any atom is 0.227 e. The van der Waals surface area contributed by atoms with Gasteiger partial charge in [0.1, 0.15) is 6.10 Å². The molecule has 4 nitrogen and oxygen atoms in total. The van der Waals surface area contributed by atoms with Crippen LogP contribution in [0.1, 0.15) is 16.5 Å². The van der Waals surface area contributed by atoms with Crippen molar-refractivity contribution in [2.75, 3.05) is 32.7 Å². The van der Waals surface area contributed by atoms with Gasteiger partial charge in [-0.15, -0.1) is 11.3 Å². The molecule has 0 bridgehead atoms. The number of carbonyl (C=O) groups is 1. The van der Waals surface area contributed by atoms with E-state index in [0.717, 1.165) is 23.5 Å². The van der Waals surface area contributed by atoms with Crippen molar-refractivity contribution in [1.29, 1.82) is 0 Å². The number of hydrogen-bond donors (Lipinski definition) is 1. The molecular formula is C18H21ClN2O2S. The maximum atomic E-state index is 12.4. The average Bonchev–Trinajstić information content (AvgIpc) is 3.12. The summed E-state index contributed by atoms with van der Waals surface area (Å²) in [7, 11) is 0. The summed E-state index contributed by atoms with van der Waals surface area (Å²) in [6, 6.07) is 11.4. The molecule has 1 aromatic heterocycles. The zero-order valence-electron chi connectivity index (χ0n) is 13.4. The van der Waals surface area contributed by atoms with Gasteiger partial charge in [-0.1, -0.05) is 35.9 Å². The molecule has 0 unspecified atom stereocenters. The Labute approximate surface area is 151 Å². The van der Waals surface area contributed by atoms with Crippen LogP contribution < -0.4 is 0 Å². The summed E-state index contributed by atoms with van der Waals surface area (Å²) in [6.07, 6.45) is -0.104.